The molecule has 4 heteroatoms. The van der Waals surface area contributed by atoms with Crippen LogP contribution >= 0.6 is 0 Å². The van der Waals surface area contributed by atoms with Gasteiger partial charge >= 0.3 is 0 Å². The molecule has 0 aliphatic heterocycles. The fraction of sp³-hybridized carbons (Fsp3) is 0.350. The fourth-order valence-corrected chi connectivity index (χ4v) is 3.08. The molecule has 4 nitrogen and oxygen atoms in total. The maximum absolute atomic E-state index is 5.42. The smallest absolute Gasteiger partial charge is 0.119 e. The highest BCUT2D eigenvalue weighted by Crippen LogP contribution is 2.27. The molecular weight excluding hydrogens is 298 g/mol. The first-order valence-electron chi connectivity index (χ1n) is 8.37. The minimum atomic E-state index is 0.838. The van der Waals surface area contributed by atoms with Crippen LogP contribution in [0, 0.1) is 0 Å². The third kappa shape index (κ3) is 3.77. The third-order valence-electron chi connectivity index (χ3n) is 4.30. The molecule has 0 saturated heterocycles. The summed E-state index contributed by atoms with van der Waals surface area (Å²) in [5, 5.41) is 1.29. The molecule has 3 rings (SSSR count). The van der Waals surface area contributed by atoms with Crippen LogP contribution in [-0.2, 0) is 13.0 Å². The number of aryl methyl sites for hydroxylation is 1. The number of nitrogens with zero attached hydrogens (tertiary/aromatic N) is 3. The molecule has 0 aliphatic carbocycles. The Morgan fingerprint density at radius 2 is 2.08 bits per heavy atom. The van der Waals surface area contributed by atoms with Crippen LogP contribution in [0.4, 0.5) is 0 Å². The van der Waals surface area contributed by atoms with Gasteiger partial charge in [0.25, 0.3) is 0 Å². The summed E-state index contributed by atoms with van der Waals surface area (Å²) in [4.78, 5) is 6.46. The van der Waals surface area contributed by atoms with E-state index in [-0.39, 0.29) is 0 Å². The van der Waals surface area contributed by atoms with Gasteiger partial charge in [-0.3, -0.25) is 4.98 Å². The van der Waals surface area contributed by atoms with Gasteiger partial charge in [-0.1, -0.05) is 6.07 Å². The number of ether oxygens (including phenoxy) is 1. The van der Waals surface area contributed by atoms with Crippen molar-refractivity contribution in [3.63, 3.8) is 0 Å². The minimum absolute atomic E-state index is 0.838. The Hall–Kier alpha value is -2.33. The number of pyridine rings is 1. The zero-order chi connectivity index (χ0) is 16.9. The Bertz CT molecular complexity index is 793. The number of hydrogen-bond acceptors (Lipinski definition) is 3. The first-order valence-corrected chi connectivity index (χ1v) is 8.37. The van der Waals surface area contributed by atoms with Gasteiger partial charge in [0.15, 0.2) is 0 Å². The first kappa shape index (κ1) is 16.5. The fourth-order valence-electron chi connectivity index (χ4n) is 3.08. The first-order chi connectivity index (χ1) is 11.7. The van der Waals surface area contributed by atoms with E-state index in [2.05, 4.69) is 52.9 Å². The van der Waals surface area contributed by atoms with Gasteiger partial charge < -0.3 is 14.2 Å². The third-order valence-corrected chi connectivity index (χ3v) is 4.30. The van der Waals surface area contributed by atoms with Gasteiger partial charge in [-0.15, -0.1) is 0 Å². The second kappa shape index (κ2) is 7.49. The van der Waals surface area contributed by atoms with Crippen molar-refractivity contribution in [1.29, 1.82) is 0 Å². The SMILES string of the molecule is COc1ccc2c(c1)c(CCCN(C)C)cn2Cc1cccnc1. The molecule has 3 aromatic rings. The average Bonchev–Trinajstić information content (AvgIpc) is 2.92. The van der Waals surface area contributed by atoms with Crippen LogP contribution in [-0.4, -0.2) is 42.2 Å². The van der Waals surface area contributed by atoms with E-state index in [1.54, 1.807) is 7.11 Å². The summed E-state index contributed by atoms with van der Waals surface area (Å²) >= 11 is 0. The Balaban J connectivity index is 1.93. The highest BCUT2D eigenvalue weighted by Gasteiger charge is 2.10. The van der Waals surface area contributed by atoms with Crippen molar-refractivity contribution >= 4 is 10.9 Å². The van der Waals surface area contributed by atoms with Gasteiger partial charge in [0.05, 0.1) is 7.11 Å². The van der Waals surface area contributed by atoms with E-state index in [1.807, 2.05) is 24.5 Å². The van der Waals surface area contributed by atoms with Crippen LogP contribution in [0.25, 0.3) is 10.9 Å². The van der Waals surface area contributed by atoms with Crippen LogP contribution in [0.2, 0.25) is 0 Å². The molecule has 0 fully saturated rings. The molecule has 2 heterocycles. The second-order valence-electron chi connectivity index (χ2n) is 6.43. The van der Waals surface area contributed by atoms with Crippen LogP contribution < -0.4 is 4.74 Å². The van der Waals surface area contributed by atoms with Gasteiger partial charge in [0.2, 0.25) is 0 Å². The number of benzene rings is 1. The predicted octanol–water partition coefficient (Wildman–Crippen LogP) is 3.59. The normalized spacial score (nSPS) is 11.3. The van der Waals surface area contributed by atoms with E-state index in [0.29, 0.717) is 0 Å². The predicted molar refractivity (Wildman–Crippen MR) is 98.7 cm³/mol. The molecule has 0 unspecified atom stereocenters. The average molecular weight is 323 g/mol. The monoisotopic (exact) mass is 323 g/mol. The van der Waals surface area contributed by atoms with E-state index >= 15 is 0 Å². The number of methoxy groups -OCH3 is 1. The Kier molecular flexibility index (Phi) is 5.16. The molecule has 0 spiro atoms. The molecule has 24 heavy (non-hydrogen) atoms. The number of hydrogen-bond donors (Lipinski definition) is 0. The Labute approximate surface area is 143 Å². The largest absolute Gasteiger partial charge is 0.497 e. The molecule has 0 atom stereocenters. The minimum Gasteiger partial charge on any atom is -0.497 e. The van der Waals surface area contributed by atoms with Gasteiger partial charge in [-0.05, 0) is 68.9 Å². The molecule has 1 aromatic carbocycles. The van der Waals surface area contributed by atoms with Crippen molar-refractivity contribution in [3.8, 4) is 5.75 Å². The maximum atomic E-state index is 5.42. The summed E-state index contributed by atoms with van der Waals surface area (Å²) in [6, 6.07) is 10.4. The molecular formula is C20H25N3O. The van der Waals surface area contributed by atoms with Crippen molar-refractivity contribution in [2.75, 3.05) is 27.7 Å². The lowest BCUT2D eigenvalue weighted by molar-refractivity contribution is 0.400. The molecule has 0 radical (unpaired) electrons. The summed E-state index contributed by atoms with van der Waals surface area (Å²) in [7, 11) is 5.96. The van der Waals surface area contributed by atoms with Crippen molar-refractivity contribution < 1.29 is 4.74 Å². The molecule has 0 aliphatic rings. The lowest BCUT2D eigenvalue weighted by atomic mass is 10.1. The van der Waals surface area contributed by atoms with E-state index in [0.717, 1.165) is 31.7 Å². The van der Waals surface area contributed by atoms with E-state index in [4.69, 9.17) is 4.74 Å². The standard InChI is InChI=1S/C20H25N3O/c1-22(2)11-5-7-17-15-23(14-16-6-4-10-21-13-16)20-9-8-18(24-3)12-19(17)20/h4,6,8-10,12-13,15H,5,7,11,14H2,1-3H3. The van der Waals surface area contributed by atoms with Crippen molar-refractivity contribution in [3.05, 3.63) is 60.0 Å². The Morgan fingerprint density at radius 1 is 1.21 bits per heavy atom. The van der Waals surface area contributed by atoms with Gasteiger partial charge in [-0.25, -0.2) is 0 Å². The van der Waals surface area contributed by atoms with E-state index in [9.17, 15) is 0 Å². The quantitative estimate of drug-likeness (QED) is 0.666. The lowest BCUT2D eigenvalue weighted by Crippen LogP contribution is -2.13. The lowest BCUT2D eigenvalue weighted by Gasteiger charge is -2.08. The molecule has 0 bridgehead atoms. The van der Waals surface area contributed by atoms with Crippen LogP contribution in [0.3, 0.4) is 0 Å². The Morgan fingerprint density at radius 3 is 2.79 bits per heavy atom. The number of aromatic nitrogens is 2. The van der Waals surface area contributed by atoms with Crippen molar-refractivity contribution in [1.82, 2.24) is 14.5 Å². The topological polar surface area (TPSA) is 30.3 Å². The van der Waals surface area contributed by atoms with Gasteiger partial charge in [0.1, 0.15) is 5.75 Å². The van der Waals surface area contributed by atoms with Crippen molar-refractivity contribution in [2.45, 2.75) is 19.4 Å². The summed E-state index contributed by atoms with van der Waals surface area (Å²) in [6.07, 6.45) is 8.25. The molecule has 0 N–H and O–H groups in total. The maximum Gasteiger partial charge on any atom is 0.119 e. The summed E-state index contributed by atoms with van der Waals surface area (Å²) in [5.74, 6) is 0.912. The van der Waals surface area contributed by atoms with Crippen LogP contribution in [0.5, 0.6) is 5.75 Å². The summed E-state index contributed by atoms with van der Waals surface area (Å²) in [5.41, 5.74) is 3.85. The summed E-state index contributed by atoms with van der Waals surface area (Å²) in [6.45, 7) is 1.93. The molecule has 126 valence electrons. The number of fused-ring (bicyclic) bond motifs is 1. The van der Waals surface area contributed by atoms with Gasteiger partial charge in [0, 0.05) is 36.0 Å². The molecule has 2 aromatic heterocycles. The zero-order valence-electron chi connectivity index (χ0n) is 14.7. The van der Waals surface area contributed by atoms with Crippen LogP contribution in [0.15, 0.2) is 48.9 Å². The van der Waals surface area contributed by atoms with Crippen LogP contribution in [0.1, 0.15) is 17.5 Å². The zero-order valence-corrected chi connectivity index (χ0v) is 14.7. The number of rotatable bonds is 7. The second-order valence-corrected chi connectivity index (χ2v) is 6.43. The van der Waals surface area contributed by atoms with Gasteiger partial charge in [-0.2, -0.15) is 0 Å². The highest BCUT2D eigenvalue weighted by atomic mass is 16.5. The molecule has 0 amide bonds. The summed E-state index contributed by atoms with van der Waals surface area (Å²) < 4.78 is 7.74. The van der Waals surface area contributed by atoms with Crippen molar-refractivity contribution in [2.24, 2.45) is 0 Å². The molecule has 0 saturated carbocycles. The van der Waals surface area contributed by atoms with E-state index in [1.165, 1.54) is 22.0 Å². The van der Waals surface area contributed by atoms with E-state index < -0.39 is 0 Å². The highest BCUT2D eigenvalue weighted by molar-refractivity contribution is 5.85.